The first-order chi connectivity index (χ1) is 13.5. The molecular formula is C23H30N2O2S. The smallest absolute Gasteiger partial charge is 0.304 e. The maximum absolute atomic E-state index is 11.3. The maximum Gasteiger partial charge on any atom is 0.304 e. The average Bonchev–Trinajstić information content (AvgIpc) is 2.69. The molecule has 3 rings (SSSR count). The summed E-state index contributed by atoms with van der Waals surface area (Å²) in [6.07, 6.45) is 0.707. The molecule has 0 N–H and O–H groups in total. The van der Waals surface area contributed by atoms with E-state index >= 15 is 0 Å². The van der Waals surface area contributed by atoms with Gasteiger partial charge in [-0.25, -0.2) is 0 Å². The molecule has 0 aromatic heterocycles. The Bertz CT molecular complexity index is 816. The minimum absolute atomic E-state index is 0.112. The Hall–Kier alpha value is -1.98. The molecule has 1 unspecified atom stereocenters. The van der Waals surface area contributed by atoms with Gasteiger partial charge in [-0.1, -0.05) is 48.5 Å². The predicted octanol–water partition coefficient (Wildman–Crippen LogP) is 4.88. The minimum Gasteiger partial charge on any atom is -0.447 e. The summed E-state index contributed by atoms with van der Waals surface area (Å²) >= 11 is 1.84. The molecule has 5 heteroatoms. The summed E-state index contributed by atoms with van der Waals surface area (Å²) in [4.78, 5) is 18.7. The van der Waals surface area contributed by atoms with Crippen molar-refractivity contribution < 1.29 is 9.53 Å². The molecule has 1 aliphatic rings. The molecule has 0 saturated carbocycles. The molecule has 1 saturated heterocycles. The van der Waals surface area contributed by atoms with E-state index in [-0.39, 0.29) is 12.2 Å². The fourth-order valence-electron chi connectivity index (χ4n) is 3.70. The maximum atomic E-state index is 11.3. The van der Waals surface area contributed by atoms with Crippen LogP contribution in [0.3, 0.4) is 0 Å². The van der Waals surface area contributed by atoms with E-state index in [4.69, 9.17) is 4.74 Å². The van der Waals surface area contributed by atoms with Crippen LogP contribution in [0.4, 0.5) is 5.69 Å². The molecule has 1 aliphatic heterocycles. The van der Waals surface area contributed by atoms with Crippen molar-refractivity contribution in [3.8, 4) is 0 Å². The molecule has 0 aliphatic carbocycles. The van der Waals surface area contributed by atoms with Crippen LogP contribution >= 0.6 is 11.8 Å². The molecule has 2 aromatic carbocycles. The van der Waals surface area contributed by atoms with Crippen molar-refractivity contribution in [3.05, 3.63) is 53.6 Å². The average molecular weight is 399 g/mol. The highest BCUT2D eigenvalue weighted by Gasteiger charge is 2.25. The van der Waals surface area contributed by atoms with E-state index in [1.807, 2.05) is 11.8 Å². The predicted molar refractivity (Wildman–Crippen MR) is 116 cm³/mol. The quantitative estimate of drug-likeness (QED) is 0.648. The van der Waals surface area contributed by atoms with Crippen LogP contribution in [0.25, 0.3) is 0 Å². The zero-order chi connectivity index (χ0) is 20.1. The number of ether oxygens (including phenoxy) is 1. The SMILES string of the molecule is CCC(OC(C)=O)N1CCN(c2ccccc2Sc2ccc(C)cc2C)CC1. The van der Waals surface area contributed by atoms with Gasteiger partial charge in [0.2, 0.25) is 0 Å². The summed E-state index contributed by atoms with van der Waals surface area (Å²) in [6.45, 7) is 11.5. The number of hydrogen-bond acceptors (Lipinski definition) is 5. The van der Waals surface area contributed by atoms with Gasteiger partial charge >= 0.3 is 5.97 Å². The van der Waals surface area contributed by atoms with Crippen LogP contribution in [0, 0.1) is 13.8 Å². The van der Waals surface area contributed by atoms with Gasteiger partial charge in [0.1, 0.15) is 0 Å². The topological polar surface area (TPSA) is 32.8 Å². The molecule has 4 nitrogen and oxygen atoms in total. The number of anilines is 1. The Kier molecular flexibility index (Phi) is 7.03. The largest absolute Gasteiger partial charge is 0.447 e. The van der Waals surface area contributed by atoms with E-state index in [2.05, 4.69) is 73.0 Å². The summed E-state index contributed by atoms with van der Waals surface area (Å²) in [7, 11) is 0. The Labute approximate surface area is 172 Å². The highest BCUT2D eigenvalue weighted by molar-refractivity contribution is 7.99. The monoisotopic (exact) mass is 398 g/mol. The van der Waals surface area contributed by atoms with Gasteiger partial charge in [0.05, 0.1) is 5.69 Å². The molecule has 1 atom stereocenters. The Morgan fingerprint density at radius 3 is 2.43 bits per heavy atom. The normalized spacial score (nSPS) is 16.1. The second-order valence-corrected chi connectivity index (χ2v) is 8.42. The number of carbonyl (C=O) groups is 1. The lowest BCUT2D eigenvalue weighted by Gasteiger charge is -2.39. The zero-order valence-corrected chi connectivity index (χ0v) is 18.1. The van der Waals surface area contributed by atoms with E-state index in [0.717, 1.165) is 32.6 Å². The molecule has 1 heterocycles. The number of esters is 1. The summed E-state index contributed by atoms with van der Waals surface area (Å²) in [5, 5.41) is 0. The van der Waals surface area contributed by atoms with E-state index in [9.17, 15) is 4.79 Å². The van der Waals surface area contributed by atoms with Crippen molar-refractivity contribution in [1.82, 2.24) is 4.90 Å². The molecule has 2 aromatic rings. The number of piperazine rings is 1. The fourth-order valence-corrected chi connectivity index (χ4v) is 4.74. The first kappa shape index (κ1) is 20.7. The van der Waals surface area contributed by atoms with Gasteiger partial charge in [0.15, 0.2) is 6.23 Å². The van der Waals surface area contributed by atoms with Gasteiger partial charge in [-0.3, -0.25) is 9.69 Å². The van der Waals surface area contributed by atoms with Crippen LogP contribution < -0.4 is 4.90 Å². The minimum atomic E-state index is -0.204. The lowest BCUT2D eigenvalue weighted by Crippen LogP contribution is -2.51. The molecule has 0 bridgehead atoms. The van der Waals surface area contributed by atoms with Crippen LogP contribution in [0.2, 0.25) is 0 Å². The van der Waals surface area contributed by atoms with E-state index in [0.29, 0.717) is 0 Å². The molecule has 0 spiro atoms. The number of nitrogens with zero attached hydrogens (tertiary/aromatic N) is 2. The van der Waals surface area contributed by atoms with Gasteiger partial charge in [-0.15, -0.1) is 0 Å². The standard InChI is InChI=1S/C23H30N2O2S/c1-5-23(27-19(4)26)25-14-12-24(13-15-25)20-8-6-7-9-22(20)28-21-11-10-17(2)16-18(21)3/h6-11,16,23H,5,12-15H2,1-4H3. The lowest BCUT2D eigenvalue weighted by molar-refractivity contribution is -0.157. The van der Waals surface area contributed by atoms with Crippen molar-refractivity contribution in [2.24, 2.45) is 0 Å². The second-order valence-electron chi connectivity index (χ2n) is 7.33. The summed E-state index contributed by atoms with van der Waals surface area (Å²) < 4.78 is 5.47. The Balaban J connectivity index is 1.71. The van der Waals surface area contributed by atoms with Crippen LogP contribution in [0.15, 0.2) is 52.3 Å². The van der Waals surface area contributed by atoms with Crippen LogP contribution in [-0.4, -0.2) is 43.3 Å². The first-order valence-electron chi connectivity index (χ1n) is 9.98. The van der Waals surface area contributed by atoms with Gasteiger partial charge in [0, 0.05) is 42.9 Å². The fraction of sp³-hybridized carbons (Fsp3) is 0.435. The molecule has 0 amide bonds. The second kappa shape index (κ2) is 9.48. The molecule has 28 heavy (non-hydrogen) atoms. The number of carbonyl (C=O) groups excluding carboxylic acids is 1. The molecule has 150 valence electrons. The van der Waals surface area contributed by atoms with E-state index in [1.54, 1.807) is 0 Å². The summed E-state index contributed by atoms with van der Waals surface area (Å²) in [5.74, 6) is -0.204. The third-order valence-corrected chi connectivity index (χ3v) is 6.37. The van der Waals surface area contributed by atoms with E-state index < -0.39 is 0 Å². The Morgan fingerprint density at radius 2 is 1.79 bits per heavy atom. The lowest BCUT2D eigenvalue weighted by atomic mass is 10.2. The van der Waals surface area contributed by atoms with Crippen LogP contribution in [0.5, 0.6) is 0 Å². The van der Waals surface area contributed by atoms with Crippen LogP contribution in [0.1, 0.15) is 31.4 Å². The number of benzene rings is 2. The van der Waals surface area contributed by atoms with Gasteiger partial charge in [-0.2, -0.15) is 0 Å². The molecular weight excluding hydrogens is 368 g/mol. The highest BCUT2D eigenvalue weighted by atomic mass is 32.2. The third-order valence-electron chi connectivity index (χ3n) is 5.13. The van der Waals surface area contributed by atoms with Crippen LogP contribution in [-0.2, 0) is 9.53 Å². The van der Waals surface area contributed by atoms with Gasteiger partial charge in [-0.05, 0) is 44.0 Å². The summed E-state index contributed by atoms with van der Waals surface area (Å²) in [6, 6.07) is 15.3. The third kappa shape index (κ3) is 5.09. The number of aryl methyl sites for hydroxylation is 2. The highest BCUT2D eigenvalue weighted by Crippen LogP contribution is 2.37. The van der Waals surface area contributed by atoms with Crippen molar-refractivity contribution in [2.75, 3.05) is 31.1 Å². The van der Waals surface area contributed by atoms with Crippen molar-refractivity contribution in [3.63, 3.8) is 0 Å². The van der Waals surface area contributed by atoms with Gasteiger partial charge in [0.25, 0.3) is 0 Å². The van der Waals surface area contributed by atoms with E-state index in [1.165, 1.54) is 33.5 Å². The summed E-state index contributed by atoms with van der Waals surface area (Å²) in [5.41, 5.74) is 3.90. The first-order valence-corrected chi connectivity index (χ1v) is 10.8. The molecule has 1 fully saturated rings. The molecule has 0 radical (unpaired) electrons. The number of para-hydroxylation sites is 1. The number of rotatable bonds is 6. The Morgan fingerprint density at radius 1 is 1.07 bits per heavy atom. The van der Waals surface area contributed by atoms with Gasteiger partial charge < -0.3 is 9.64 Å². The van der Waals surface area contributed by atoms with Crippen molar-refractivity contribution in [1.29, 1.82) is 0 Å². The zero-order valence-electron chi connectivity index (χ0n) is 17.3. The number of hydrogen-bond donors (Lipinski definition) is 0. The van der Waals surface area contributed by atoms with Crippen molar-refractivity contribution in [2.45, 2.75) is 50.1 Å². The van der Waals surface area contributed by atoms with Crippen molar-refractivity contribution >= 4 is 23.4 Å².